The van der Waals surface area contributed by atoms with Crippen LogP contribution in [0, 0.1) is 6.92 Å². The molecule has 5 heterocycles. The lowest BCUT2D eigenvalue weighted by atomic mass is 10.0. The summed E-state index contributed by atoms with van der Waals surface area (Å²) in [6.45, 7) is 1.72. The molecule has 18 heteroatoms. The summed E-state index contributed by atoms with van der Waals surface area (Å²) in [5, 5.41) is 31.1. The van der Waals surface area contributed by atoms with Gasteiger partial charge in [-0.25, -0.2) is 14.3 Å². The molecule has 2 atom stereocenters. The first-order valence-corrected chi connectivity index (χ1v) is 16.8. The summed E-state index contributed by atoms with van der Waals surface area (Å²) in [6.07, 6.45) is 5.28. The lowest BCUT2D eigenvalue weighted by molar-refractivity contribution is -0.150. The van der Waals surface area contributed by atoms with Crippen LogP contribution in [0.3, 0.4) is 0 Å². The average molecular weight is 691 g/mol. The maximum Gasteiger partial charge on any atom is 0.352 e. The lowest BCUT2D eigenvalue weighted by Crippen LogP contribution is -2.70. The van der Waals surface area contributed by atoms with E-state index in [9.17, 15) is 24.3 Å². The molecule has 0 spiro atoms. The van der Waals surface area contributed by atoms with Gasteiger partial charge in [-0.15, -0.1) is 27.1 Å². The minimum Gasteiger partial charge on any atom is -0.477 e. The molecule has 4 amide bonds. The van der Waals surface area contributed by atoms with Gasteiger partial charge in [-0.1, -0.05) is 71.6 Å². The first-order valence-electron chi connectivity index (χ1n) is 14.0. The number of amides is 4. The van der Waals surface area contributed by atoms with Crippen molar-refractivity contribution in [1.82, 2.24) is 40.6 Å². The number of carbonyl (C=O) groups is 4. The SMILES string of the molecule is Cc1nnc(SCC2=C(C(=O)O)N3C(=O)[C@@H](NC(=O)Cn4cnnn4)[C@H]3SC2)s1.NC(=O)N1c2ccccc2C=Cc2ccccc21. The number of tetrazole rings is 1. The fourth-order valence-corrected chi connectivity index (χ4v) is 8.41. The fraction of sp³-hybridized carbons (Fsp3) is 0.207. The van der Waals surface area contributed by atoms with Crippen LogP contribution in [0.2, 0.25) is 0 Å². The molecule has 47 heavy (non-hydrogen) atoms. The number of hydrogen-bond acceptors (Lipinski definition) is 12. The lowest BCUT2D eigenvalue weighted by Gasteiger charge is -2.49. The molecule has 15 nitrogen and oxygen atoms in total. The molecule has 1 fully saturated rings. The van der Waals surface area contributed by atoms with Crippen molar-refractivity contribution < 1.29 is 24.3 Å². The van der Waals surface area contributed by atoms with Crippen molar-refractivity contribution in [3.8, 4) is 0 Å². The minimum atomic E-state index is -1.16. The van der Waals surface area contributed by atoms with E-state index in [1.54, 1.807) is 4.90 Å². The summed E-state index contributed by atoms with van der Waals surface area (Å²) in [6, 6.07) is 14.2. The molecule has 0 aliphatic carbocycles. The molecule has 7 rings (SSSR count). The van der Waals surface area contributed by atoms with Crippen LogP contribution in [0.5, 0.6) is 0 Å². The normalized spacial score (nSPS) is 17.8. The second kappa shape index (κ2) is 13.7. The van der Waals surface area contributed by atoms with Gasteiger partial charge in [-0.2, -0.15) is 0 Å². The van der Waals surface area contributed by atoms with E-state index in [1.807, 2.05) is 67.6 Å². The van der Waals surface area contributed by atoms with E-state index in [0.29, 0.717) is 17.1 Å². The van der Waals surface area contributed by atoms with Gasteiger partial charge in [0.25, 0.3) is 5.91 Å². The summed E-state index contributed by atoms with van der Waals surface area (Å²) in [7, 11) is 0. The Balaban J connectivity index is 0.000000183. The highest BCUT2D eigenvalue weighted by Crippen LogP contribution is 2.42. The molecule has 3 aliphatic heterocycles. The monoisotopic (exact) mass is 690 g/mol. The van der Waals surface area contributed by atoms with Crippen molar-refractivity contribution in [3.63, 3.8) is 0 Å². The van der Waals surface area contributed by atoms with Crippen LogP contribution in [0.1, 0.15) is 16.1 Å². The first kappa shape index (κ1) is 31.9. The fourth-order valence-electron chi connectivity index (χ4n) is 5.11. The number of carbonyl (C=O) groups excluding carboxylic acids is 3. The van der Waals surface area contributed by atoms with Crippen LogP contribution in [0.25, 0.3) is 12.2 Å². The average Bonchev–Trinajstić information content (AvgIpc) is 3.69. The highest BCUT2D eigenvalue weighted by atomic mass is 32.2. The molecule has 0 bridgehead atoms. The van der Waals surface area contributed by atoms with Gasteiger partial charge in [0, 0.05) is 11.5 Å². The number of rotatable bonds is 7. The minimum absolute atomic E-state index is 0.0153. The topological polar surface area (TPSA) is 202 Å². The Morgan fingerprint density at radius 3 is 2.32 bits per heavy atom. The predicted octanol–water partition coefficient (Wildman–Crippen LogP) is 2.75. The summed E-state index contributed by atoms with van der Waals surface area (Å²) >= 11 is 4.24. The highest BCUT2D eigenvalue weighted by Gasteiger charge is 2.54. The molecule has 240 valence electrons. The molecule has 0 unspecified atom stereocenters. The molecular weight excluding hydrogens is 665 g/mol. The number of fused-ring (bicyclic) bond motifs is 3. The number of primary amides is 1. The van der Waals surface area contributed by atoms with Crippen LogP contribution in [-0.2, 0) is 20.9 Å². The zero-order valence-corrected chi connectivity index (χ0v) is 27.0. The van der Waals surface area contributed by atoms with Crippen molar-refractivity contribution in [1.29, 1.82) is 0 Å². The van der Waals surface area contributed by atoms with E-state index in [0.717, 1.165) is 31.8 Å². The molecule has 4 aromatic rings. The van der Waals surface area contributed by atoms with Crippen molar-refractivity contribution >= 4 is 82.2 Å². The number of aromatic nitrogens is 6. The summed E-state index contributed by atoms with van der Waals surface area (Å²) in [4.78, 5) is 51.1. The Labute approximate surface area is 279 Å². The maximum absolute atomic E-state index is 12.6. The van der Waals surface area contributed by atoms with Gasteiger partial charge < -0.3 is 16.2 Å². The second-order valence-corrected chi connectivity index (χ2v) is 13.7. The molecule has 2 aromatic heterocycles. The molecule has 2 aromatic carbocycles. The number of aryl methyl sites for hydroxylation is 1. The summed E-state index contributed by atoms with van der Waals surface area (Å²) in [5.74, 6) is -1.19. The number of carboxylic acids is 1. The number of nitrogens with one attached hydrogen (secondary N) is 1. The quantitative estimate of drug-likeness (QED) is 0.189. The number of hydrogen-bond donors (Lipinski definition) is 3. The summed E-state index contributed by atoms with van der Waals surface area (Å²) < 4.78 is 1.98. The van der Waals surface area contributed by atoms with Crippen molar-refractivity contribution in [2.45, 2.75) is 29.2 Å². The number of aliphatic carboxylic acids is 1. The molecular formula is C29H26N10O5S3. The van der Waals surface area contributed by atoms with Gasteiger partial charge in [0.05, 0.1) is 11.4 Å². The maximum atomic E-state index is 12.6. The molecule has 0 radical (unpaired) electrons. The Morgan fingerprint density at radius 2 is 1.74 bits per heavy atom. The number of carboxylic acid groups (broad SMARTS) is 1. The third-order valence-electron chi connectivity index (χ3n) is 7.16. The largest absolute Gasteiger partial charge is 0.477 e. The van der Waals surface area contributed by atoms with E-state index in [4.69, 9.17) is 5.73 Å². The number of para-hydroxylation sites is 2. The Morgan fingerprint density at radius 1 is 1.06 bits per heavy atom. The third-order valence-corrected chi connectivity index (χ3v) is 10.6. The first-order chi connectivity index (χ1) is 22.7. The molecule has 3 aliphatic rings. The van der Waals surface area contributed by atoms with Crippen LogP contribution < -0.4 is 16.0 Å². The van der Waals surface area contributed by atoms with Gasteiger partial charge in [0.2, 0.25) is 5.91 Å². The zero-order chi connectivity index (χ0) is 33.1. The smallest absolute Gasteiger partial charge is 0.352 e. The van der Waals surface area contributed by atoms with E-state index in [1.165, 1.54) is 50.8 Å². The molecule has 0 saturated carbocycles. The van der Waals surface area contributed by atoms with Crippen LogP contribution in [-0.4, -0.2) is 87.1 Å². The Bertz CT molecular complexity index is 1860. The van der Waals surface area contributed by atoms with E-state index in [2.05, 4.69) is 31.0 Å². The van der Waals surface area contributed by atoms with Crippen LogP contribution in [0.4, 0.5) is 16.2 Å². The number of nitrogens with two attached hydrogens (primary N) is 1. The Hall–Kier alpha value is -5.07. The zero-order valence-electron chi connectivity index (χ0n) is 24.6. The highest BCUT2D eigenvalue weighted by molar-refractivity contribution is 8.01. The summed E-state index contributed by atoms with van der Waals surface area (Å²) in [5.41, 5.74) is 9.73. The van der Waals surface area contributed by atoms with Gasteiger partial charge in [-0.05, 0) is 46.2 Å². The van der Waals surface area contributed by atoms with Crippen LogP contribution in [0.15, 0.2) is 70.5 Å². The number of thioether (sulfide) groups is 2. The van der Waals surface area contributed by atoms with Crippen molar-refractivity contribution in [3.05, 3.63) is 82.3 Å². The number of anilines is 2. The van der Waals surface area contributed by atoms with E-state index < -0.39 is 35.2 Å². The number of β-lactam (4-membered cyclic amide) rings is 1. The van der Waals surface area contributed by atoms with Gasteiger partial charge in [0.1, 0.15) is 35.0 Å². The van der Waals surface area contributed by atoms with Crippen molar-refractivity contribution in [2.75, 3.05) is 16.4 Å². The molecule has 1 saturated heterocycles. The molecule has 4 N–H and O–H groups in total. The van der Waals surface area contributed by atoms with Gasteiger partial charge >= 0.3 is 12.0 Å². The number of urea groups is 1. The Kier molecular flexibility index (Phi) is 9.32. The third kappa shape index (κ3) is 6.74. The van der Waals surface area contributed by atoms with Gasteiger partial charge in [0.15, 0.2) is 4.34 Å². The van der Waals surface area contributed by atoms with Crippen molar-refractivity contribution in [2.24, 2.45) is 5.73 Å². The van der Waals surface area contributed by atoms with Crippen LogP contribution >= 0.6 is 34.9 Å². The van der Waals surface area contributed by atoms with E-state index in [-0.39, 0.29) is 12.2 Å². The standard InChI is InChI=1S/C15H12N2O.C14H14N8O4S3/c16-15(18)17-13-7-3-1-5-11(13)9-10-12-6-2-4-8-14(12)17;1-6-17-18-14(29-6)28-4-7-3-27-12-9(11(24)22(12)10(7)13(25)26)16-8(23)2-21-5-15-19-20-21/h1-10H,(H2,16,18);5,9,12H,2-4H2,1H3,(H,16,23)(H,25,26)/t;9-,12-/m.1/s1. The predicted molar refractivity (Wildman–Crippen MR) is 176 cm³/mol. The van der Waals surface area contributed by atoms with Gasteiger partial charge in [-0.3, -0.25) is 19.4 Å². The second-order valence-electron chi connectivity index (χ2n) is 10.2. The number of benzene rings is 2. The van der Waals surface area contributed by atoms with E-state index >= 15 is 0 Å². The number of nitrogens with zero attached hydrogens (tertiary/aromatic N) is 8.